The molecule has 0 N–H and O–H groups in total. The van der Waals surface area contributed by atoms with Crippen LogP contribution >= 0.6 is 12.4 Å². The van der Waals surface area contributed by atoms with E-state index in [1.807, 2.05) is 6.07 Å². The average Bonchev–Trinajstić information content (AvgIpc) is 2.18. The summed E-state index contributed by atoms with van der Waals surface area (Å²) in [6.07, 6.45) is 0.783. The second-order valence-corrected chi connectivity index (χ2v) is 3.60. The maximum absolute atomic E-state index is 13.3. The second-order valence-electron chi connectivity index (χ2n) is 3.60. The van der Waals surface area contributed by atoms with Crippen LogP contribution in [-0.2, 0) is 17.7 Å². The summed E-state index contributed by atoms with van der Waals surface area (Å²) in [6.45, 7) is 2.29. The van der Waals surface area contributed by atoms with Crippen LogP contribution in [0.2, 0.25) is 0 Å². The van der Waals surface area contributed by atoms with E-state index >= 15 is 0 Å². The first-order chi connectivity index (χ1) is 6.81. The fourth-order valence-corrected chi connectivity index (χ4v) is 1.91. The van der Waals surface area contributed by atoms with Gasteiger partial charge in [0.25, 0.3) is 0 Å². The molecular weight excluding hydrogens is 217 g/mol. The summed E-state index contributed by atoms with van der Waals surface area (Å²) in [5, 5.41) is 0. The zero-order chi connectivity index (χ0) is 9.97. The highest BCUT2D eigenvalue weighted by atomic mass is 35.5. The van der Waals surface area contributed by atoms with Crippen molar-refractivity contribution in [2.24, 2.45) is 0 Å². The van der Waals surface area contributed by atoms with Gasteiger partial charge in [-0.05, 0) is 23.6 Å². The zero-order valence-electron chi connectivity index (χ0n) is 8.70. The Labute approximate surface area is 95.4 Å². The Morgan fingerprint density at radius 1 is 1.47 bits per heavy atom. The average molecular weight is 232 g/mol. The van der Waals surface area contributed by atoms with Crippen molar-refractivity contribution in [1.82, 2.24) is 4.90 Å². The summed E-state index contributed by atoms with van der Waals surface area (Å²) >= 11 is 0. The van der Waals surface area contributed by atoms with Gasteiger partial charge in [-0.25, -0.2) is 4.39 Å². The van der Waals surface area contributed by atoms with Crippen molar-refractivity contribution in [1.29, 1.82) is 0 Å². The lowest BCUT2D eigenvalue weighted by atomic mass is 10.00. The third-order valence-electron chi connectivity index (χ3n) is 2.60. The molecule has 0 atom stereocenters. The molecule has 1 aliphatic rings. The van der Waals surface area contributed by atoms with Gasteiger partial charge in [0.05, 0.1) is 6.73 Å². The Hall–Kier alpha value is -0.640. The van der Waals surface area contributed by atoms with Crippen LogP contribution in [0, 0.1) is 5.82 Å². The number of methoxy groups -OCH3 is 1. The Kier molecular flexibility index (Phi) is 4.51. The smallest absolute Gasteiger partial charge is 0.126 e. The minimum atomic E-state index is -0.0698. The number of rotatable bonds is 2. The van der Waals surface area contributed by atoms with Gasteiger partial charge in [0, 0.05) is 20.2 Å². The van der Waals surface area contributed by atoms with Crippen LogP contribution in [0.5, 0.6) is 0 Å². The Morgan fingerprint density at radius 2 is 2.27 bits per heavy atom. The van der Waals surface area contributed by atoms with Crippen LogP contribution < -0.4 is 0 Å². The molecule has 0 aliphatic carbocycles. The van der Waals surface area contributed by atoms with Gasteiger partial charge in [0.1, 0.15) is 5.82 Å². The molecule has 0 radical (unpaired) electrons. The van der Waals surface area contributed by atoms with E-state index in [-0.39, 0.29) is 18.2 Å². The molecule has 0 amide bonds. The van der Waals surface area contributed by atoms with Crippen molar-refractivity contribution in [3.8, 4) is 0 Å². The molecule has 2 rings (SSSR count). The van der Waals surface area contributed by atoms with E-state index in [2.05, 4.69) is 4.90 Å². The van der Waals surface area contributed by atoms with E-state index in [1.54, 1.807) is 13.2 Å². The standard InChI is InChI=1S/C11H14FNO.ClH/c1-14-8-13-6-5-10-9(7-13)3-2-4-11(10)12;/h2-4H,5-8H2,1H3;1H. The maximum atomic E-state index is 13.3. The topological polar surface area (TPSA) is 12.5 Å². The van der Waals surface area contributed by atoms with Gasteiger partial charge in [-0.2, -0.15) is 0 Å². The number of hydrogen-bond donors (Lipinski definition) is 0. The molecule has 84 valence electrons. The summed E-state index contributed by atoms with van der Waals surface area (Å²) in [7, 11) is 1.68. The molecule has 1 aromatic carbocycles. The molecule has 0 fully saturated rings. The number of benzene rings is 1. The lowest BCUT2D eigenvalue weighted by Gasteiger charge is -2.27. The number of hydrogen-bond acceptors (Lipinski definition) is 2. The molecule has 0 unspecified atom stereocenters. The highest BCUT2D eigenvalue weighted by Crippen LogP contribution is 2.21. The number of ether oxygens (including phenoxy) is 1. The monoisotopic (exact) mass is 231 g/mol. The van der Waals surface area contributed by atoms with Gasteiger partial charge in [-0.3, -0.25) is 4.90 Å². The fourth-order valence-electron chi connectivity index (χ4n) is 1.91. The number of fused-ring (bicyclic) bond motifs is 1. The summed E-state index contributed by atoms with van der Waals surface area (Å²) < 4.78 is 18.4. The first kappa shape index (κ1) is 12.4. The number of nitrogens with zero attached hydrogens (tertiary/aromatic N) is 1. The fraction of sp³-hybridized carbons (Fsp3) is 0.455. The molecule has 1 aromatic rings. The highest BCUT2D eigenvalue weighted by Gasteiger charge is 2.17. The Balaban J connectivity index is 0.00000112. The van der Waals surface area contributed by atoms with Crippen molar-refractivity contribution < 1.29 is 9.13 Å². The first-order valence-corrected chi connectivity index (χ1v) is 4.79. The van der Waals surface area contributed by atoms with E-state index < -0.39 is 0 Å². The Morgan fingerprint density at radius 3 is 3.00 bits per heavy atom. The molecule has 2 nitrogen and oxygen atoms in total. The van der Waals surface area contributed by atoms with Crippen molar-refractivity contribution in [2.75, 3.05) is 20.4 Å². The molecule has 4 heteroatoms. The molecule has 15 heavy (non-hydrogen) atoms. The van der Waals surface area contributed by atoms with Crippen molar-refractivity contribution in [3.05, 3.63) is 35.1 Å². The molecule has 0 saturated heterocycles. The maximum Gasteiger partial charge on any atom is 0.126 e. The largest absolute Gasteiger partial charge is 0.369 e. The van der Waals surface area contributed by atoms with Gasteiger partial charge >= 0.3 is 0 Å². The lowest BCUT2D eigenvalue weighted by Crippen LogP contribution is -2.32. The van der Waals surface area contributed by atoms with Crippen LogP contribution in [0.3, 0.4) is 0 Å². The zero-order valence-corrected chi connectivity index (χ0v) is 9.52. The summed E-state index contributed by atoms with van der Waals surface area (Å²) in [5.41, 5.74) is 1.97. The van der Waals surface area contributed by atoms with E-state index in [1.165, 1.54) is 6.07 Å². The predicted molar refractivity (Wildman–Crippen MR) is 59.6 cm³/mol. The van der Waals surface area contributed by atoms with Gasteiger partial charge < -0.3 is 4.74 Å². The quantitative estimate of drug-likeness (QED) is 0.774. The Bertz CT molecular complexity index is 332. The molecule has 1 heterocycles. The van der Waals surface area contributed by atoms with Crippen LogP contribution in [0.4, 0.5) is 4.39 Å². The molecule has 0 bridgehead atoms. The third-order valence-corrected chi connectivity index (χ3v) is 2.60. The summed E-state index contributed by atoms with van der Waals surface area (Å²) in [4.78, 5) is 2.17. The van der Waals surface area contributed by atoms with Crippen LogP contribution in [0.1, 0.15) is 11.1 Å². The van der Waals surface area contributed by atoms with Crippen LogP contribution in [0.25, 0.3) is 0 Å². The van der Waals surface area contributed by atoms with Gasteiger partial charge in [-0.1, -0.05) is 12.1 Å². The van der Waals surface area contributed by atoms with Crippen LogP contribution in [0.15, 0.2) is 18.2 Å². The van der Waals surface area contributed by atoms with E-state index in [0.29, 0.717) is 6.73 Å². The molecular formula is C11H15ClFNO. The molecule has 0 spiro atoms. The van der Waals surface area contributed by atoms with Crippen molar-refractivity contribution in [2.45, 2.75) is 13.0 Å². The van der Waals surface area contributed by atoms with Crippen LogP contribution in [-0.4, -0.2) is 25.3 Å². The second kappa shape index (κ2) is 5.45. The van der Waals surface area contributed by atoms with Crippen molar-refractivity contribution >= 4 is 12.4 Å². The first-order valence-electron chi connectivity index (χ1n) is 4.79. The summed E-state index contributed by atoms with van der Waals surface area (Å²) in [6, 6.07) is 5.29. The van der Waals surface area contributed by atoms with Gasteiger partial charge in [-0.15, -0.1) is 12.4 Å². The predicted octanol–water partition coefficient (Wildman–Crippen LogP) is 2.21. The van der Waals surface area contributed by atoms with Crippen molar-refractivity contribution in [3.63, 3.8) is 0 Å². The minimum absolute atomic E-state index is 0. The van der Waals surface area contributed by atoms with Gasteiger partial charge in [0.2, 0.25) is 0 Å². The third kappa shape index (κ3) is 2.68. The van der Waals surface area contributed by atoms with E-state index in [9.17, 15) is 4.39 Å². The molecule has 1 aliphatic heterocycles. The minimum Gasteiger partial charge on any atom is -0.369 e. The molecule has 0 saturated carbocycles. The van der Waals surface area contributed by atoms with Gasteiger partial charge in [0.15, 0.2) is 0 Å². The van der Waals surface area contributed by atoms with E-state index in [0.717, 1.165) is 30.6 Å². The number of halogens is 2. The molecule has 0 aromatic heterocycles. The van der Waals surface area contributed by atoms with E-state index in [4.69, 9.17) is 4.74 Å². The highest BCUT2D eigenvalue weighted by molar-refractivity contribution is 5.85. The SMILES string of the molecule is COCN1CCc2c(F)cccc2C1.Cl. The normalized spacial score (nSPS) is 15.6. The lowest BCUT2D eigenvalue weighted by molar-refractivity contribution is 0.0539. The summed E-state index contributed by atoms with van der Waals surface area (Å²) in [5.74, 6) is -0.0698.